The normalized spacial score (nSPS) is 13.0. The van der Waals surface area contributed by atoms with Crippen LogP contribution in [0.2, 0.25) is 0 Å². The van der Waals surface area contributed by atoms with E-state index in [9.17, 15) is 24.6 Å². The smallest absolute Gasteiger partial charge is 0.305 e. The number of aliphatic carboxylic acids is 1. The number of hydrogen-bond donors (Lipinski definition) is 5. The molecule has 0 heterocycles. The Kier molecular flexibility index (Phi) is 26.1. The fraction of sp³-hybridized carbons (Fsp3) is 0.545. The summed E-state index contributed by atoms with van der Waals surface area (Å²) in [7, 11) is 3.45. The molecular weight excluding hydrogens is 576 g/mol. The molecule has 45 heavy (non-hydrogen) atoms. The summed E-state index contributed by atoms with van der Waals surface area (Å²) in [5.41, 5.74) is 9.18. The van der Waals surface area contributed by atoms with Gasteiger partial charge >= 0.3 is 5.97 Å². The second-order valence-corrected chi connectivity index (χ2v) is 10.8. The van der Waals surface area contributed by atoms with Gasteiger partial charge in [-0.3, -0.25) is 15.0 Å². The lowest BCUT2D eigenvalue weighted by atomic mass is 9.87. The van der Waals surface area contributed by atoms with Gasteiger partial charge in [-0.2, -0.15) is 4.99 Å². The highest BCUT2D eigenvalue weighted by Gasteiger charge is 2.34. The standard InChI is InChI=1S/C29H45NO6.C4H11N5/c1-4-5-6-7-8-9-10-11-12-13-14-15-16-17-18-19-20-21-26(33)36-24-29(2,3)27(34)28(35)30-23-22-25(31)32;1-9(2)4(7)8-3(5)6/h5-6,8-9,11-12,14-15,17-18,27,34H,4,7,10,13,16,19-24H2,1-3H3,(H,30,35)(H,31,32);1-2H3,(H5,5,6,7,8)/p-1/b6-5-,9-8-,12-11-,15-14-,18-17-;/t27-;/m0./s1. The predicted molar refractivity (Wildman–Crippen MR) is 179 cm³/mol. The largest absolute Gasteiger partial charge is 0.550 e. The molecule has 12 heteroatoms. The van der Waals surface area contributed by atoms with E-state index in [1.54, 1.807) is 32.8 Å². The average Bonchev–Trinajstić information content (AvgIpc) is 2.97. The number of amides is 1. The molecule has 0 bridgehead atoms. The summed E-state index contributed by atoms with van der Waals surface area (Å²) in [5.74, 6) is -2.43. The zero-order valence-electron chi connectivity index (χ0n) is 27.7. The molecule has 0 rings (SSSR count). The molecule has 0 aliphatic heterocycles. The number of hydrogen-bond acceptors (Lipinski definition) is 7. The minimum Gasteiger partial charge on any atom is -0.550 e. The Balaban J connectivity index is 0. The Morgan fingerprint density at radius 3 is 1.84 bits per heavy atom. The van der Waals surface area contributed by atoms with Crippen molar-refractivity contribution in [2.45, 2.75) is 84.7 Å². The number of carbonyl (C=O) groups is 3. The van der Waals surface area contributed by atoms with E-state index in [0.29, 0.717) is 6.42 Å². The van der Waals surface area contributed by atoms with E-state index < -0.39 is 23.4 Å². The molecule has 254 valence electrons. The summed E-state index contributed by atoms with van der Waals surface area (Å²) in [6, 6.07) is 0. The number of nitrogens with one attached hydrogen (secondary N) is 2. The number of nitrogens with two attached hydrogens (primary N) is 2. The SMILES string of the molecule is CC/C=C\C/C=C\C/C=C\C/C=C\C/C=C\CCCC(=O)OCC(C)(C)[C@@H](O)C(=O)NCCC(=O)[O-].CN(C)C(N)=NC(=N)N. The predicted octanol–water partition coefficient (Wildman–Crippen LogP) is 2.85. The van der Waals surface area contributed by atoms with Crippen LogP contribution in [0.5, 0.6) is 0 Å². The number of esters is 1. The Morgan fingerprint density at radius 1 is 0.933 bits per heavy atom. The molecular formula is C33H55N6O6-. The number of nitrogens with zero attached hydrogens (tertiary/aromatic N) is 2. The van der Waals surface area contributed by atoms with Crippen LogP contribution in [0.15, 0.2) is 65.8 Å². The van der Waals surface area contributed by atoms with Crippen molar-refractivity contribution in [1.82, 2.24) is 10.2 Å². The zero-order valence-corrected chi connectivity index (χ0v) is 27.7. The van der Waals surface area contributed by atoms with Gasteiger partial charge in [0.1, 0.15) is 6.10 Å². The number of ether oxygens (including phenoxy) is 1. The second-order valence-electron chi connectivity index (χ2n) is 10.8. The zero-order chi connectivity index (χ0) is 34.5. The van der Waals surface area contributed by atoms with Gasteiger partial charge in [0.25, 0.3) is 0 Å². The number of carboxylic acids is 1. The minimum absolute atomic E-state index is 0.122. The van der Waals surface area contributed by atoms with Crippen LogP contribution < -0.4 is 21.9 Å². The summed E-state index contributed by atoms with van der Waals surface area (Å²) in [6.45, 7) is 5.07. The summed E-state index contributed by atoms with van der Waals surface area (Å²) in [5, 5.41) is 29.6. The number of carbonyl (C=O) groups excluding carboxylic acids is 3. The molecule has 7 N–H and O–H groups in total. The van der Waals surface area contributed by atoms with E-state index in [1.807, 2.05) is 6.08 Å². The van der Waals surface area contributed by atoms with Crippen molar-refractivity contribution < 1.29 is 29.3 Å². The number of unbranched alkanes of at least 4 members (excludes halogenated alkanes) is 1. The van der Waals surface area contributed by atoms with Crippen molar-refractivity contribution in [2.75, 3.05) is 27.2 Å². The molecule has 0 saturated heterocycles. The average molecular weight is 632 g/mol. The number of aliphatic imine (C=N–C) groups is 1. The lowest BCUT2D eigenvalue weighted by Gasteiger charge is -2.29. The molecule has 0 aliphatic carbocycles. The van der Waals surface area contributed by atoms with E-state index in [0.717, 1.165) is 38.5 Å². The van der Waals surface area contributed by atoms with E-state index >= 15 is 0 Å². The van der Waals surface area contributed by atoms with Gasteiger partial charge in [-0.15, -0.1) is 0 Å². The molecule has 0 aromatic rings. The Labute approximate surface area is 269 Å². The Morgan fingerprint density at radius 2 is 1.42 bits per heavy atom. The van der Waals surface area contributed by atoms with Crippen molar-refractivity contribution in [3.8, 4) is 0 Å². The molecule has 0 radical (unpaired) electrons. The molecule has 0 saturated carbocycles. The lowest BCUT2D eigenvalue weighted by Crippen LogP contribution is -2.47. The summed E-state index contributed by atoms with van der Waals surface area (Å²) >= 11 is 0. The monoisotopic (exact) mass is 631 g/mol. The fourth-order valence-electron chi connectivity index (χ4n) is 3.11. The van der Waals surface area contributed by atoms with Gasteiger partial charge in [0, 0.05) is 44.9 Å². The van der Waals surface area contributed by atoms with Gasteiger partial charge in [-0.1, -0.05) is 81.5 Å². The minimum atomic E-state index is -1.44. The Bertz CT molecular complexity index is 1040. The molecule has 0 aromatic carbocycles. The number of allylic oxidation sites excluding steroid dienone is 10. The van der Waals surface area contributed by atoms with Gasteiger partial charge in [-0.05, 0) is 44.9 Å². The van der Waals surface area contributed by atoms with Gasteiger partial charge in [-0.25, -0.2) is 0 Å². The highest BCUT2D eigenvalue weighted by atomic mass is 16.5. The van der Waals surface area contributed by atoms with Crippen LogP contribution >= 0.6 is 0 Å². The highest BCUT2D eigenvalue weighted by molar-refractivity contribution is 5.91. The highest BCUT2D eigenvalue weighted by Crippen LogP contribution is 2.22. The van der Waals surface area contributed by atoms with Crippen molar-refractivity contribution in [2.24, 2.45) is 21.9 Å². The topological polar surface area (TPSA) is 207 Å². The molecule has 0 aliphatic rings. The lowest BCUT2D eigenvalue weighted by molar-refractivity contribution is -0.305. The maximum absolute atomic E-state index is 12.0. The van der Waals surface area contributed by atoms with E-state index in [1.165, 1.54) is 0 Å². The van der Waals surface area contributed by atoms with Crippen LogP contribution in [0.1, 0.15) is 78.6 Å². The molecule has 0 fully saturated rings. The van der Waals surface area contributed by atoms with Crippen LogP contribution in [0.4, 0.5) is 0 Å². The van der Waals surface area contributed by atoms with Crippen molar-refractivity contribution >= 4 is 29.8 Å². The second kappa shape index (κ2) is 27.4. The molecule has 12 nitrogen and oxygen atoms in total. The third-order valence-corrected chi connectivity index (χ3v) is 5.82. The van der Waals surface area contributed by atoms with Crippen LogP contribution in [0.25, 0.3) is 0 Å². The van der Waals surface area contributed by atoms with Crippen LogP contribution in [-0.2, 0) is 19.1 Å². The van der Waals surface area contributed by atoms with Gasteiger partial charge < -0.3 is 41.4 Å². The number of aliphatic hydroxyl groups is 1. The number of guanidine groups is 2. The van der Waals surface area contributed by atoms with Crippen molar-refractivity contribution in [3.63, 3.8) is 0 Å². The first-order chi connectivity index (χ1) is 21.2. The van der Waals surface area contributed by atoms with Gasteiger partial charge in [0.05, 0.1) is 6.61 Å². The molecule has 0 spiro atoms. The number of aliphatic hydroxyl groups excluding tert-OH is 1. The van der Waals surface area contributed by atoms with Gasteiger partial charge in [0.2, 0.25) is 11.9 Å². The van der Waals surface area contributed by atoms with E-state index in [4.69, 9.17) is 21.6 Å². The molecule has 0 unspecified atom stereocenters. The number of rotatable bonds is 20. The van der Waals surface area contributed by atoms with Crippen LogP contribution in [0, 0.1) is 10.8 Å². The van der Waals surface area contributed by atoms with Crippen LogP contribution in [-0.4, -0.2) is 73.1 Å². The summed E-state index contributed by atoms with van der Waals surface area (Å²) in [4.78, 5) is 39.3. The summed E-state index contributed by atoms with van der Waals surface area (Å²) < 4.78 is 5.22. The number of carboxylic acid groups (broad SMARTS) is 1. The van der Waals surface area contributed by atoms with E-state index in [-0.39, 0.29) is 43.9 Å². The molecule has 1 atom stereocenters. The maximum atomic E-state index is 12.0. The quantitative estimate of drug-likeness (QED) is 0.0439. The summed E-state index contributed by atoms with van der Waals surface area (Å²) in [6.07, 6.45) is 26.0. The van der Waals surface area contributed by atoms with E-state index in [2.05, 4.69) is 71.9 Å². The van der Waals surface area contributed by atoms with Crippen LogP contribution in [0.3, 0.4) is 0 Å². The van der Waals surface area contributed by atoms with Gasteiger partial charge in [0.15, 0.2) is 5.96 Å². The first kappa shape index (κ1) is 42.9. The molecule has 0 aromatic heterocycles. The maximum Gasteiger partial charge on any atom is 0.305 e. The third kappa shape index (κ3) is 28.3. The van der Waals surface area contributed by atoms with Crippen molar-refractivity contribution in [3.05, 3.63) is 60.8 Å². The first-order valence-corrected chi connectivity index (χ1v) is 15.2. The van der Waals surface area contributed by atoms with Crippen molar-refractivity contribution in [1.29, 1.82) is 5.41 Å². The molecule has 1 amide bonds. The fourth-order valence-corrected chi connectivity index (χ4v) is 3.11. The Hall–Kier alpha value is -4.19. The first-order valence-electron chi connectivity index (χ1n) is 15.2. The third-order valence-electron chi connectivity index (χ3n) is 5.82.